The summed E-state index contributed by atoms with van der Waals surface area (Å²) in [6.45, 7) is 1.72. The molecule has 0 unspecified atom stereocenters. The monoisotopic (exact) mass is 383 g/mol. The minimum Gasteiger partial charge on any atom is -0.334 e. The first kappa shape index (κ1) is 16.9. The van der Waals surface area contributed by atoms with Crippen molar-refractivity contribution in [3.63, 3.8) is 0 Å². The first-order chi connectivity index (χ1) is 12.3. The Morgan fingerprint density at radius 2 is 2.15 bits per heavy atom. The van der Waals surface area contributed by atoms with Crippen LogP contribution in [0.15, 0.2) is 24.4 Å². The van der Waals surface area contributed by atoms with Gasteiger partial charge in [-0.05, 0) is 19.1 Å². The first-order valence-corrected chi connectivity index (χ1v) is 8.20. The molecule has 1 amide bonds. The van der Waals surface area contributed by atoms with E-state index >= 15 is 0 Å². The lowest BCUT2D eigenvalue weighted by molar-refractivity contribution is -0.148. The Bertz CT molecular complexity index is 1010. The van der Waals surface area contributed by atoms with Crippen molar-refractivity contribution in [3.8, 4) is 0 Å². The van der Waals surface area contributed by atoms with Gasteiger partial charge < -0.3 is 14.5 Å². The van der Waals surface area contributed by atoms with Gasteiger partial charge >= 0.3 is 6.18 Å². The van der Waals surface area contributed by atoms with Crippen LogP contribution in [0.1, 0.15) is 29.1 Å². The van der Waals surface area contributed by atoms with Gasteiger partial charge in [-0.3, -0.25) is 4.79 Å². The zero-order valence-electron chi connectivity index (χ0n) is 13.5. The number of carbonyl (C=O) groups is 1. The second-order valence-electron chi connectivity index (χ2n) is 6.18. The van der Waals surface area contributed by atoms with Crippen LogP contribution in [0.2, 0.25) is 5.02 Å². The zero-order chi connectivity index (χ0) is 18.6. The molecule has 2 aromatic heterocycles. The van der Waals surface area contributed by atoms with Crippen LogP contribution in [-0.4, -0.2) is 36.4 Å². The number of aromatic amines is 1. The number of imidazole rings is 2. The molecule has 1 N–H and O–H groups in total. The summed E-state index contributed by atoms with van der Waals surface area (Å²) < 4.78 is 40.2. The highest BCUT2D eigenvalue weighted by atomic mass is 35.5. The van der Waals surface area contributed by atoms with Crippen LogP contribution >= 0.6 is 11.6 Å². The number of aromatic nitrogens is 4. The van der Waals surface area contributed by atoms with Crippen LogP contribution in [-0.2, 0) is 19.3 Å². The van der Waals surface area contributed by atoms with E-state index in [4.69, 9.17) is 11.6 Å². The summed E-state index contributed by atoms with van der Waals surface area (Å²) in [7, 11) is 0. The average Bonchev–Trinajstić information content (AvgIpc) is 3.17. The Kier molecular flexibility index (Phi) is 3.72. The smallest absolute Gasteiger partial charge is 0.334 e. The maximum Gasteiger partial charge on any atom is 0.449 e. The number of fused-ring (bicyclic) bond motifs is 2. The SMILES string of the molecule is C[C@H]1Cn2c(cnc2C(F)(F)F)CN1C(=O)c1nc2c(Cl)cccc2[nH]1. The molecule has 0 saturated heterocycles. The summed E-state index contributed by atoms with van der Waals surface area (Å²) in [4.78, 5) is 25.0. The number of H-pyrrole nitrogens is 1. The molecule has 1 aliphatic heterocycles. The number of hydrogen-bond acceptors (Lipinski definition) is 3. The molecule has 0 spiro atoms. The standard InChI is InChI=1S/C16H13ClF3N5O/c1-8-6-25-9(5-21-15(25)16(18,19)20)7-24(8)14(26)13-22-11-4-2-3-10(17)12(11)23-13/h2-5,8H,6-7H2,1H3,(H,22,23)/t8-/m0/s1. The number of amides is 1. The minimum absolute atomic E-state index is 0.0108. The fourth-order valence-corrected chi connectivity index (χ4v) is 3.38. The minimum atomic E-state index is -4.53. The molecular formula is C16H13ClF3N5O. The van der Waals surface area contributed by atoms with Crippen molar-refractivity contribution in [2.75, 3.05) is 0 Å². The number of para-hydroxylation sites is 1. The predicted octanol–water partition coefficient (Wildman–Crippen LogP) is 3.48. The van der Waals surface area contributed by atoms with Gasteiger partial charge in [-0.1, -0.05) is 17.7 Å². The van der Waals surface area contributed by atoms with Gasteiger partial charge in [0.05, 0.1) is 29.0 Å². The molecule has 1 aliphatic rings. The Balaban J connectivity index is 1.66. The lowest BCUT2D eigenvalue weighted by Crippen LogP contribution is -2.45. The maximum absolute atomic E-state index is 13.0. The number of nitrogens with zero attached hydrogens (tertiary/aromatic N) is 4. The van der Waals surface area contributed by atoms with Crippen molar-refractivity contribution in [1.82, 2.24) is 24.4 Å². The van der Waals surface area contributed by atoms with Crippen molar-refractivity contribution in [3.05, 3.63) is 46.8 Å². The molecule has 0 bridgehead atoms. The fourth-order valence-electron chi connectivity index (χ4n) is 3.17. The molecule has 3 heterocycles. The Morgan fingerprint density at radius 3 is 2.85 bits per heavy atom. The van der Waals surface area contributed by atoms with E-state index in [0.29, 0.717) is 21.7 Å². The van der Waals surface area contributed by atoms with Gasteiger partial charge in [0.2, 0.25) is 5.82 Å². The molecule has 6 nitrogen and oxygen atoms in total. The Morgan fingerprint density at radius 1 is 1.38 bits per heavy atom. The van der Waals surface area contributed by atoms with Crippen molar-refractivity contribution < 1.29 is 18.0 Å². The van der Waals surface area contributed by atoms with Gasteiger partial charge in [0.25, 0.3) is 5.91 Å². The molecular weight excluding hydrogens is 371 g/mol. The zero-order valence-corrected chi connectivity index (χ0v) is 14.3. The van der Waals surface area contributed by atoms with Crippen molar-refractivity contribution in [2.45, 2.75) is 32.2 Å². The van der Waals surface area contributed by atoms with E-state index in [-0.39, 0.29) is 18.9 Å². The third-order valence-corrected chi connectivity index (χ3v) is 4.73. The van der Waals surface area contributed by atoms with Crippen molar-refractivity contribution >= 4 is 28.5 Å². The van der Waals surface area contributed by atoms with Crippen LogP contribution in [0, 0.1) is 0 Å². The fraction of sp³-hybridized carbons (Fsp3) is 0.312. The topological polar surface area (TPSA) is 66.8 Å². The van der Waals surface area contributed by atoms with Gasteiger partial charge in [-0.25, -0.2) is 9.97 Å². The van der Waals surface area contributed by atoms with E-state index in [1.165, 1.54) is 4.90 Å². The molecule has 10 heteroatoms. The van der Waals surface area contributed by atoms with Crippen molar-refractivity contribution in [1.29, 1.82) is 0 Å². The molecule has 0 fully saturated rings. The molecule has 0 saturated carbocycles. The molecule has 1 atom stereocenters. The van der Waals surface area contributed by atoms with E-state index in [1.54, 1.807) is 25.1 Å². The number of hydrogen-bond donors (Lipinski definition) is 1. The van der Waals surface area contributed by atoms with Crippen LogP contribution in [0.25, 0.3) is 11.0 Å². The van der Waals surface area contributed by atoms with Crippen LogP contribution < -0.4 is 0 Å². The van der Waals surface area contributed by atoms with E-state index in [9.17, 15) is 18.0 Å². The predicted molar refractivity (Wildman–Crippen MR) is 87.7 cm³/mol. The summed E-state index contributed by atoms with van der Waals surface area (Å²) in [6, 6.07) is 4.70. The van der Waals surface area contributed by atoms with Gasteiger partial charge in [-0.15, -0.1) is 0 Å². The lowest BCUT2D eigenvalue weighted by Gasteiger charge is -2.34. The second-order valence-corrected chi connectivity index (χ2v) is 6.59. The largest absolute Gasteiger partial charge is 0.449 e. The van der Waals surface area contributed by atoms with E-state index in [2.05, 4.69) is 15.0 Å². The lowest BCUT2D eigenvalue weighted by atomic mass is 10.2. The van der Waals surface area contributed by atoms with Gasteiger partial charge in [-0.2, -0.15) is 13.2 Å². The van der Waals surface area contributed by atoms with Crippen LogP contribution in [0.5, 0.6) is 0 Å². The summed E-state index contributed by atoms with van der Waals surface area (Å²) in [6.07, 6.45) is -3.37. The number of benzene rings is 1. The molecule has 4 rings (SSSR count). The summed E-state index contributed by atoms with van der Waals surface area (Å²) in [5, 5.41) is 0.414. The normalized spacial score (nSPS) is 17.6. The Hall–Kier alpha value is -2.55. The highest BCUT2D eigenvalue weighted by Gasteiger charge is 2.40. The Labute approximate surface area is 150 Å². The number of rotatable bonds is 1. The molecule has 0 radical (unpaired) electrons. The van der Waals surface area contributed by atoms with E-state index < -0.39 is 23.9 Å². The molecule has 3 aromatic rings. The quantitative estimate of drug-likeness (QED) is 0.699. The first-order valence-electron chi connectivity index (χ1n) is 7.82. The number of halogens is 4. The molecule has 136 valence electrons. The number of alkyl halides is 3. The number of nitrogens with one attached hydrogen (secondary N) is 1. The van der Waals surface area contributed by atoms with Gasteiger partial charge in [0.1, 0.15) is 5.52 Å². The van der Waals surface area contributed by atoms with Crippen LogP contribution in [0.4, 0.5) is 13.2 Å². The average molecular weight is 384 g/mol. The van der Waals surface area contributed by atoms with Gasteiger partial charge in [0, 0.05) is 12.6 Å². The van der Waals surface area contributed by atoms with Crippen molar-refractivity contribution in [2.24, 2.45) is 0 Å². The summed E-state index contributed by atoms with van der Waals surface area (Å²) >= 11 is 6.08. The van der Waals surface area contributed by atoms with Gasteiger partial charge in [0.15, 0.2) is 5.82 Å². The van der Waals surface area contributed by atoms with Crippen LogP contribution in [0.3, 0.4) is 0 Å². The number of carbonyl (C=O) groups excluding carboxylic acids is 1. The van der Waals surface area contributed by atoms with E-state index in [1.807, 2.05) is 0 Å². The second kappa shape index (κ2) is 5.73. The van der Waals surface area contributed by atoms with E-state index in [0.717, 1.165) is 10.8 Å². The molecule has 1 aromatic carbocycles. The molecule has 26 heavy (non-hydrogen) atoms. The highest BCUT2D eigenvalue weighted by molar-refractivity contribution is 6.35. The maximum atomic E-state index is 13.0. The third kappa shape index (κ3) is 2.63. The third-order valence-electron chi connectivity index (χ3n) is 4.43. The highest BCUT2D eigenvalue weighted by Crippen LogP contribution is 2.32. The summed E-state index contributed by atoms with van der Waals surface area (Å²) in [5.41, 5.74) is 1.43. The molecule has 0 aliphatic carbocycles. The summed E-state index contributed by atoms with van der Waals surface area (Å²) in [5.74, 6) is -1.24.